The summed E-state index contributed by atoms with van der Waals surface area (Å²) in [7, 11) is 0. The van der Waals surface area contributed by atoms with Gasteiger partial charge >= 0.3 is 0 Å². The van der Waals surface area contributed by atoms with Gasteiger partial charge in [-0.2, -0.15) is 0 Å². The zero-order chi connectivity index (χ0) is 16.7. The minimum Gasteiger partial charge on any atom is -0.493 e. The lowest BCUT2D eigenvalue weighted by atomic mass is 10.2. The van der Waals surface area contributed by atoms with Gasteiger partial charge in [0.1, 0.15) is 5.75 Å². The number of nitrogens with one attached hydrogen (secondary N) is 2. The molecule has 0 bridgehead atoms. The van der Waals surface area contributed by atoms with Gasteiger partial charge in [-0.05, 0) is 36.2 Å². The van der Waals surface area contributed by atoms with Gasteiger partial charge in [0.25, 0.3) is 11.8 Å². The Balaban J connectivity index is 1.93. The standard InChI is InChI=1S/C18H20N2O3/c1-13(2)12-23-16-10-6-9-15(11-16)18(22)20-19-17(21)14-7-4-3-5-8-14/h3-11,13H,12H2,1-2H3,(H,19,21)(H,20,22). The molecule has 0 heterocycles. The second-order valence-corrected chi connectivity index (χ2v) is 5.51. The fourth-order valence-corrected chi connectivity index (χ4v) is 1.84. The van der Waals surface area contributed by atoms with E-state index in [1.807, 2.05) is 6.07 Å². The van der Waals surface area contributed by atoms with E-state index < -0.39 is 5.91 Å². The van der Waals surface area contributed by atoms with Crippen molar-refractivity contribution in [2.24, 2.45) is 5.92 Å². The van der Waals surface area contributed by atoms with Crippen molar-refractivity contribution in [2.75, 3.05) is 6.61 Å². The third kappa shape index (κ3) is 5.14. The molecule has 0 aliphatic heterocycles. The Labute approximate surface area is 135 Å². The number of hydrogen-bond acceptors (Lipinski definition) is 3. The topological polar surface area (TPSA) is 67.4 Å². The second-order valence-electron chi connectivity index (χ2n) is 5.51. The van der Waals surface area contributed by atoms with Crippen LogP contribution in [0.1, 0.15) is 34.6 Å². The predicted octanol–water partition coefficient (Wildman–Crippen LogP) is 2.80. The number of ether oxygens (including phenoxy) is 1. The molecule has 0 saturated carbocycles. The van der Waals surface area contributed by atoms with Crippen molar-refractivity contribution in [1.82, 2.24) is 10.9 Å². The lowest BCUT2D eigenvalue weighted by Crippen LogP contribution is -2.41. The SMILES string of the molecule is CC(C)COc1cccc(C(=O)NNC(=O)c2ccccc2)c1. The molecular weight excluding hydrogens is 292 g/mol. The molecule has 0 saturated heterocycles. The van der Waals surface area contributed by atoms with Crippen molar-refractivity contribution in [2.45, 2.75) is 13.8 Å². The molecule has 2 aromatic rings. The van der Waals surface area contributed by atoms with Crippen molar-refractivity contribution in [1.29, 1.82) is 0 Å². The average molecular weight is 312 g/mol. The van der Waals surface area contributed by atoms with Crippen LogP contribution in [-0.2, 0) is 0 Å². The maximum Gasteiger partial charge on any atom is 0.269 e. The van der Waals surface area contributed by atoms with Crippen LogP contribution in [0.3, 0.4) is 0 Å². The summed E-state index contributed by atoms with van der Waals surface area (Å²) in [5.41, 5.74) is 5.67. The van der Waals surface area contributed by atoms with Crippen LogP contribution in [0.25, 0.3) is 0 Å². The zero-order valence-electron chi connectivity index (χ0n) is 13.2. The Hall–Kier alpha value is -2.82. The molecule has 5 nitrogen and oxygen atoms in total. The van der Waals surface area contributed by atoms with E-state index in [2.05, 4.69) is 24.7 Å². The lowest BCUT2D eigenvalue weighted by molar-refractivity contribution is 0.0846. The van der Waals surface area contributed by atoms with Crippen molar-refractivity contribution in [3.8, 4) is 5.75 Å². The fraction of sp³-hybridized carbons (Fsp3) is 0.222. The Morgan fingerprint density at radius 3 is 2.17 bits per heavy atom. The molecule has 2 aromatic carbocycles. The van der Waals surface area contributed by atoms with E-state index in [0.29, 0.717) is 29.4 Å². The maximum atomic E-state index is 12.1. The monoisotopic (exact) mass is 312 g/mol. The molecule has 0 aliphatic rings. The summed E-state index contributed by atoms with van der Waals surface area (Å²) >= 11 is 0. The van der Waals surface area contributed by atoms with Gasteiger partial charge in [-0.15, -0.1) is 0 Å². The number of rotatable bonds is 5. The molecule has 0 atom stereocenters. The highest BCUT2D eigenvalue weighted by atomic mass is 16.5. The van der Waals surface area contributed by atoms with E-state index in [1.54, 1.807) is 48.5 Å². The first-order chi connectivity index (χ1) is 11.1. The summed E-state index contributed by atoms with van der Waals surface area (Å²) in [4.78, 5) is 24.0. The maximum absolute atomic E-state index is 12.1. The molecule has 0 fully saturated rings. The van der Waals surface area contributed by atoms with Crippen LogP contribution >= 0.6 is 0 Å². The van der Waals surface area contributed by atoms with Crippen LogP contribution in [-0.4, -0.2) is 18.4 Å². The number of hydrazine groups is 1. The van der Waals surface area contributed by atoms with Gasteiger partial charge in [0.2, 0.25) is 0 Å². The number of hydrogen-bond donors (Lipinski definition) is 2. The first kappa shape index (κ1) is 16.5. The molecule has 0 unspecified atom stereocenters. The molecule has 23 heavy (non-hydrogen) atoms. The highest BCUT2D eigenvalue weighted by molar-refractivity contribution is 5.99. The number of amides is 2. The first-order valence-corrected chi connectivity index (χ1v) is 7.45. The molecule has 0 aromatic heterocycles. The Morgan fingerprint density at radius 2 is 1.52 bits per heavy atom. The Morgan fingerprint density at radius 1 is 0.913 bits per heavy atom. The largest absolute Gasteiger partial charge is 0.493 e. The third-order valence-corrected chi connectivity index (χ3v) is 3.01. The van der Waals surface area contributed by atoms with Crippen molar-refractivity contribution >= 4 is 11.8 Å². The highest BCUT2D eigenvalue weighted by Gasteiger charge is 2.09. The van der Waals surface area contributed by atoms with E-state index in [1.165, 1.54) is 0 Å². The van der Waals surface area contributed by atoms with Gasteiger partial charge in [0.05, 0.1) is 6.61 Å². The molecule has 2 N–H and O–H groups in total. The Bertz CT molecular complexity index is 669. The van der Waals surface area contributed by atoms with E-state index in [-0.39, 0.29) is 5.91 Å². The van der Waals surface area contributed by atoms with Gasteiger partial charge in [0, 0.05) is 11.1 Å². The first-order valence-electron chi connectivity index (χ1n) is 7.45. The summed E-state index contributed by atoms with van der Waals surface area (Å²) in [6.07, 6.45) is 0. The van der Waals surface area contributed by atoms with Gasteiger partial charge in [-0.25, -0.2) is 0 Å². The van der Waals surface area contributed by atoms with E-state index >= 15 is 0 Å². The molecule has 0 radical (unpaired) electrons. The van der Waals surface area contributed by atoms with Crippen LogP contribution in [0.5, 0.6) is 5.75 Å². The lowest BCUT2D eigenvalue weighted by Gasteiger charge is -2.11. The van der Waals surface area contributed by atoms with Crippen LogP contribution in [0.2, 0.25) is 0 Å². The quantitative estimate of drug-likeness (QED) is 0.834. The van der Waals surface area contributed by atoms with Gasteiger partial charge in [-0.1, -0.05) is 38.1 Å². The average Bonchev–Trinajstić information content (AvgIpc) is 2.58. The van der Waals surface area contributed by atoms with Crippen LogP contribution in [0.15, 0.2) is 54.6 Å². The van der Waals surface area contributed by atoms with Crippen molar-refractivity contribution in [3.63, 3.8) is 0 Å². The molecule has 0 aliphatic carbocycles. The van der Waals surface area contributed by atoms with E-state index in [0.717, 1.165) is 0 Å². The minimum atomic E-state index is -0.399. The fourth-order valence-electron chi connectivity index (χ4n) is 1.84. The minimum absolute atomic E-state index is 0.369. The molecule has 120 valence electrons. The molecule has 5 heteroatoms. The van der Waals surface area contributed by atoms with Crippen LogP contribution in [0.4, 0.5) is 0 Å². The highest BCUT2D eigenvalue weighted by Crippen LogP contribution is 2.14. The Kier molecular flexibility index (Phi) is 5.74. The van der Waals surface area contributed by atoms with E-state index in [9.17, 15) is 9.59 Å². The predicted molar refractivity (Wildman–Crippen MR) is 88.1 cm³/mol. The summed E-state index contributed by atoms with van der Waals surface area (Å²) in [6, 6.07) is 15.5. The summed E-state index contributed by atoms with van der Waals surface area (Å²) in [5, 5.41) is 0. The van der Waals surface area contributed by atoms with Gasteiger partial charge in [0.15, 0.2) is 0 Å². The summed E-state index contributed by atoms with van der Waals surface area (Å²) in [5.74, 6) is 0.258. The molecule has 2 amide bonds. The molecule has 0 spiro atoms. The smallest absolute Gasteiger partial charge is 0.269 e. The van der Waals surface area contributed by atoms with Crippen molar-refractivity contribution < 1.29 is 14.3 Å². The van der Waals surface area contributed by atoms with Gasteiger partial charge < -0.3 is 4.74 Å². The number of carbonyl (C=O) groups excluding carboxylic acids is 2. The van der Waals surface area contributed by atoms with Crippen LogP contribution < -0.4 is 15.6 Å². The van der Waals surface area contributed by atoms with Crippen molar-refractivity contribution in [3.05, 3.63) is 65.7 Å². The van der Waals surface area contributed by atoms with Gasteiger partial charge in [-0.3, -0.25) is 20.4 Å². The second kappa shape index (κ2) is 7.98. The molecular formula is C18H20N2O3. The summed E-state index contributed by atoms with van der Waals surface area (Å²) in [6.45, 7) is 4.68. The normalized spacial score (nSPS) is 10.2. The molecule has 2 rings (SSSR count). The van der Waals surface area contributed by atoms with Crippen LogP contribution in [0, 0.1) is 5.92 Å². The number of benzene rings is 2. The zero-order valence-corrected chi connectivity index (χ0v) is 13.2. The number of carbonyl (C=O) groups is 2. The third-order valence-electron chi connectivity index (χ3n) is 3.01. The van der Waals surface area contributed by atoms with E-state index in [4.69, 9.17) is 4.74 Å². The summed E-state index contributed by atoms with van der Waals surface area (Å²) < 4.78 is 5.59.